The summed E-state index contributed by atoms with van der Waals surface area (Å²) < 4.78 is 0. The van der Waals surface area contributed by atoms with Gasteiger partial charge in [-0.15, -0.1) is 0 Å². The summed E-state index contributed by atoms with van der Waals surface area (Å²) in [5.74, 6) is -2.02. The molecule has 0 saturated heterocycles. The molecule has 0 unspecified atom stereocenters. The quantitative estimate of drug-likeness (QED) is 0.512. The summed E-state index contributed by atoms with van der Waals surface area (Å²) in [6, 6.07) is 0. The second-order valence-electron chi connectivity index (χ2n) is 2.16. The van der Waals surface area contributed by atoms with E-state index in [0.717, 1.165) is 12.2 Å². The molecule has 74 valence electrons. The highest BCUT2D eigenvalue weighted by atomic mass is 16.4. The van der Waals surface area contributed by atoms with E-state index in [9.17, 15) is 9.59 Å². The average molecular weight is 194 g/mol. The Morgan fingerprint density at radius 3 is 1.21 bits per heavy atom. The SMILES string of the molecule is O=C(O)\C=C/C=C/C=C/C=C/C(=O)O. The van der Waals surface area contributed by atoms with Gasteiger partial charge < -0.3 is 10.2 Å². The number of allylic oxidation sites excluding steroid dienone is 6. The summed E-state index contributed by atoms with van der Waals surface area (Å²) in [7, 11) is 0. The maximum atomic E-state index is 9.99. The Morgan fingerprint density at radius 1 is 0.643 bits per heavy atom. The molecule has 0 aliphatic carbocycles. The van der Waals surface area contributed by atoms with Gasteiger partial charge in [0, 0.05) is 12.2 Å². The van der Waals surface area contributed by atoms with Crippen LogP contribution in [0.15, 0.2) is 48.6 Å². The molecular weight excluding hydrogens is 184 g/mol. The average Bonchev–Trinajstić information content (AvgIpc) is 2.08. The predicted molar refractivity (Wildman–Crippen MR) is 51.8 cm³/mol. The van der Waals surface area contributed by atoms with Gasteiger partial charge in [-0.2, -0.15) is 0 Å². The van der Waals surface area contributed by atoms with Gasteiger partial charge in [0.15, 0.2) is 0 Å². The third-order valence-electron chi connectivity index (χ3n) is 1.03. The van der Waals surface area contributed by atoms with E-state index in [0.29, 0.717) is 0 Å². The fraction of sp³-hybridized carbons (Fsp3) is 0. The molecule has 4 nitrogen and oxygen atoms in total. The number of carboxylic acids is 2. The van der Waals surface area contributed by atoms with Gasteiger partial charge in [-0.25, -0.2) is 9.59 Å². The molecule has 0 radical (unpaired) electrons. The first-order chi connectivity index (χ1) is 6.63. The van der Waals surface area contributed by atoms with Crippen LogP contribution in [-0.2, 0) is 9.59 Å². The van der Waals surface area contributed by atoms with Gasteiger partial charge in [0.25, 0.3) is 0 Å². The fourth-order valence-electron chi connectivity index (χ4n) is 0.532. The van der Waals surface area contributed by atoms with Gasteiger partial charge in [-0.3, -0.25) is 0 Å². The Bertz CT molecular complexity index is 276. The molecule has 2 N–H and O–H groups in total. The van der Waals surface area contributed by atoms with Gasteiger partial charge in [0.1, 0.15) is 0 Å². The van der Waals surface area contributed by atoms with Crippen LogP contribution in [-0.4, -0.2) is 22.2 Å². The molecular formula is C10H10O4. The molecule has 4 heteroatoms. The number of hydrogen-bond donors (Lipinski definition) is 2. The standard InChI is InChI=1S/C10H10O4/c11-9(12)7-5-3-1-2-4-6-8-10(13)14/h1-8H,(H,11,12)(H,13,14)/b3-1+,4-2+,7-5-,8-6+. The summed E-state index contributed by atoms with van der Waals surface area (Å²) in [4.78, 5) is 20.0. The largest absolute Gasteiger partial charge is 0.478 e. The van der Waals surface area contributed by atoms with Crippen LogP contribution in [0.5, 0.6) is 0 Å². The third-order valence-corrected chi connectivity index (χ3v) is 1.03. The van der Waals surface area contributed by atoms with Crippen LogP contribution in [0.3, 0.4) is 0 Å². The predicted octanol–water partition coefficient (Wildman–Crippen LogP) is 1.38. The van der Waals surface area contributed by atoms with Crippen molar-refractivity contribution in [2.24, 2.45) is 0 Å². The van der Waals surface area contributed by atoms with Gasteiger partial charge >= 0.3 is 11.9 Å². The van der Waals surface area contributed by atoms with E-state index in [1.807, 2.05) is 0 Å². The van der Waals surface area contributed by atoms with Crippen LogP contribution in [0.1, 0.15) is 0 Å². The van der Waals surface area contributed by atoms with Crippen molar-refractivity contribution in [3.05, 3.63) is 48.6 Å². The highest BCUT2D eigenvalue weighted by Gasteiger charge is 1.80. The molecule has 0 aliphatic rings. The molecule has 0 atom stereocenters. The Balaban J connectivity index is 3.82. The van der Waals surface area contributed by atoms with Crippen molar-refractivity contribution in [1.29, 1.82) is 0 Å². The van der Waals surface area contributed by atoms with Gasteiger partial charge in [-0.05, 0) is 0 Å². The summed E-state index contributed by atoms with van der Waals surface area (Å²) in [6.07, 6.45) is 11.0. The first kappa shape index (κ1) is 11.9. The molecule has 0 aromatic carbocycles. The lowest BCUT2D eigenvalue weighted by Crippen LogP contribution is -1.84. The number of aliphatic carboxylic acids is 2. The maximum Gasteiger partial charge on any atom is 0.328 e. The minimum atomic E-state index is -1.01. The molecule has 0 aliphatic heterocycles. The number of carboxylic acid groups (broad SMARTS) is 2. The third kappa shape index (κ3) is 9.90. The van der Waals surface area contributed by atoms with Crippen molar-refractivity contribution in [2.45, 2.75) is 0 Å². The van der Waals surface area contributed by atoms with E-state index in [4.69, 9.17) is 10.2 Å². The Morgan fingerprint density at radius 2 is 0.929 bits per heavy atom. The van der Waals surface area contributed by atoms with Crippen molar-refractivity contribution >= 4 is 11.9 Å². The van der Waals surface area contributed by atoms with Crippen molar-refractivity contribution in [1.82, 2.24) is 0 Å². The minimum Gasteiger partial charge on any atom is -0.478 e. The zero-order valence-corrected chi connectivity index (χ0v) is 7.33. The molecule has 0 aromatic heterocycles. The lowest BCUT2D eigenvalue weighted by Gasteiger charge is -1.75. The van der Waals surface area contributed by atoms with Crippen molar-refractivity contribution < 1.29 is 19.8 Å². The second kappa shape index (κ2) is 7.54. The van der Waals surface area contributed by atoms with E-state index in [2.05, 4.69) is 0 Å². The zero-order valence-electron chi connectivity index (χ0n) is 7.33. The van der Waals surface area contributed by atoms with Crippen molar-refractivity contribution in [2.75, 3.05) is 0 Å². The normalized spacial score (nSPS) is 12.3. The van der Waals surface area contributed by atoms with Crippen LogP contribution in [0.25, 0.3) is 0 Å². The summed E-state index contributed by atoms with van der Waals surface area (Å²) >= 11 is 0. The number of rotatable bonds is 5. The number of carbonyl (C=O) groups is 2. The molecule has 0 spiro atoms. The van der Waals surface area contributed by atoms with Gasteiger partial charge in [0.2, 0.25) is 0 Å². The monoisotopic (exact) mass is 194 g/mol. The molecule has 0 bridgehead atoms. The van der Waals surface area contributed by atoms with Gasteiger partial charge in [0.05, 0.1) is 0 Å². The summed E-state index contributed by atoms with van der Waals surface area (Å²) in [5, 5.41) is 16.4. The lowest BCUT2D eigenvalue weighted by atomic mass is 10.4. The number of hydrogen-bond acceptors (Lipinski definition) is 2. The van der Waals surface area contributed by atoms with Gasteiger partial charge in [-0.1, -0.05) is 36.5 Å². The van der Waals surface area contributed by atoms with Crippen LogP contribution < -0.4 is 0 Å². The highest BCUT2D eigenvalue weighted by molar-refractivity contribution is 5.80. The molecule has 14 heavy (non-hydrogen) atoms. The van der Waals surface area contributed by atoms with E-state index < -0.39 is 11.9 Å². The Kier molecular flexibility index (Phi) is 6.41. The van der Waals surface area contributed by atoms with Crippen LogP contribution >= 0.6 is 0 Å². The van der Waals surface area contributed by atoms with Crippen LogP contribution in [0, 0.1) is 0 Å². The molecule has 0 saturated carbocycles. The van der Waals surface area contributed by atoms with Crippen LogP contribution in [0.4, 0.5) is 0 Å². The van der Waals surface area contributed by atoms with Crippen molar-refractivity contribution in [3.8, 4) is 0 Å². The summed E-state index contributed by atoms with van der Waals surface area (Å²) in [6.45, 7) is 0. The fourth-order valence-corrected chi connectivity index (χ4v) is 0.532. The first-order valence-corrected chi connectivity index (χ1v) is 3.77. The zero-order chi connectivity index (χ0) is 10.8. The molecule has 0 aromatic rings. The highest BCUT2D eigenvalue weighted by Crippen LogP contribution is 1.82. The minimum absolute atomic E-state index is 0.997. The molecule has 0 amide bonds. The maximum absolute atomic E-state index is 9.99. The van der Waals surface area contributed by atoms with Crippen LogP contribution in [0.2, 0.25) is 0 Å². The molecule has 0 fully saturated rings. The smallest absolute Gasteiger partial charge is 0.328 e. The van der Waals surface area contributed by atoms with E-state index in [-0.39, 0.29) is 0 Å². The molecule has 0 rings (SSSR count). The Hall–Kier alpha value is -2.10. The Labute approximate surface area is 81.2 Å². The van der Waals surface area contributed by atoms with E-state index in [1.54, 1.807) is 12.2 Å². The van der Waals surface area contributed by atoms with Crippen molar-refractivity contribution in [3.63, 3.8) is 0 Å². The second-order valence-corrected chi connectivity index (χ2v) is 2.16. The molecule has 0 heterocycles. The summed E-state index contributed by atoms with van der Waals surface area (Å²) in [5.41, 5.74) is 0. The van der Waals surface area contributed by atoms with E-state index in [1.165, 1.54) is 24.3 Å². The first-order valence-electron chi connectivity index (χ1n) is 3.77. The van der Waals surface area contributed by atoms with E-state index >= 15 is 0 Å². The lowest BCUT2D eigenvalue weighted by molar-refractivity contribution is -0.132. The topological polar surface area (TPSA) is 74.6 Å².